The van der Waals surface area contributed by atoms with Crippen LogP contribution < -0.4 is 5.32 Å². The van der Waals surface area contributed by atoms with Gasteiger partial charge in [-0.3, -0.25) is 9.58 Å². The molecule has 4 heteroatoms. The zero-order valence-corrected chi connectivity index (χ0v) is 12.1. The summed E-state index contributed by atoms with van der Waals surface area (Å²) in [6, 6.07) is 1.16. The van der Waals surface area contributed by atoms with Gasteiger partial charge in [0.1, 0.15) is 0 Å². The van der Waals surface area contributed by atoms with E-state index in [-0.39, 0.29) is 0 Å². The minimum Gasteiger partial charge on any atom is -0.317 e. The molecule has 0 bridgehead atoms. The zero-order chi connectivity index (χ0) is 13.1. The van der Waals surface area contributed by atoms with Crippen LogP contribution in [0.1, 0.15) is 44.0 Å². The van der Waals surface area contributed by atoms with Crippen molar-refractivity contribution >= 4 is 0 Å². The number of piperidine rings is 1. The van der Waals surface area contributed by atoms with Crippen LogP contribution in [0.5, 0.6) is 0 Å². The van der Waals surface area contributed by atoms with Crippen molar-refractivity contribution in [1.29, 1.82) is 0 Å². The molecule has 18 heavy (non-hydrogen) atoms. The molecule has 0 amide bonds. The molecule has 1 N–H and O–H groups in total. The average Bonchev–Trinajstić information content (AvgIpc) is 2.72. The normalized spacial score (nSPS) is 18.7. The average molecular weight is 250 g/mol. The summed E-state index contributed by atoms with van der Waals surface area (Å²) < 4.78 is 2.07. The predicted molar refractivity (Wildman–Crippen MR) is 74.7 cm³/mol. The lowest BCUT2D eigenvalue weighted by Crippen LogP contribution is -2.40. The Kier molecular flexibility index (Phi) is 4.40. The number of aromatic nitrogens is 2. The van der Waals surface area contributed by atoms with Crippen molar-refractivity contribution < 1.29 is 0 Å². The van der Waals surface area contributed by atoms with Crippen LogP contribution in [0.15, 0.2) is 6.20 Å². The van der Waals surface area contributed by atoms with Gasteiger partial charge in [0.05, 0.1) is 5.69 Å². The predicted octanol–water partition coefficient (Wildman–Crippen LogP) is 1.96. The van der Waals surface area contributed by atoms with E-state index in [0.717, 1.165) is 6.54 Å². The van der Waals surface area contributed by atoms with E-state index in [9.17, 15) is 0 Å². The highest BCUT2D eigenvalue weighted by Gasteiger charge is 2.19. The standard InChI is InChI=1S/C14H26N4/c1-11(2)18-10-13(12(3)16-18)9-17-7-5-14(15-4)6-8-17/h10-11,14-15H,5-9H2,1-4H3. The van der Waals surface area contributed by atoms with Gasteiger partial charge in [-0.2, -0.15) is 5.10 Å². The van der Waals surface area contributed by atoms with Gasteiger partial charge in [0.15, 0.2) is 0 Å². The smallest absolute Gasteiger partial charge is 0.0638 e. The van der Waals surface area contributed by atoms with Crippen molar-refractivity contribution in [2.75, 3.05) is 20.1 Å². The molecular weight excluding hydrogens is 224 g/mol. The number of nitrogens with zero attached hydrogens (tertiary/aromatic N) is 3. The maximum atomic E-state index is 4.58. The lowest BCUT2D eigenvalue weighted by Gasteiger charge is -2.31. The Hall–Kier alpha value is -0.870. The van der Waals surface area contributed by atoms with Gasteiger partial charge >= 0.3 is 0 Å². The first kappa shape index (κ1) is 13.6. The number of likely N-dealkylation sites (tertiary alicyclic amines) is 1. The largest absolute Gasteiger partial charge is 0.317 e. The van der Waals surface area contributed by atoms with Gasteiger partial charge in [-0.25, -0.2) is 0 Å². The Balaban J connectivity index is 1.94. The maximum absolute atomic E-state index is 4.58. The first-order valence-electron chi connectivity index (χ1n) is 7.04. The highest BCUT2D eigenvalue weighted by molar-refractivity contribution is 5.15. The topological polar surface area (TPSA) is 33.1 Å². The van der Waals surface area contributed by atoms with E-state index in [0.29, 0.717) is 12.1 Å². The lowest BCUT2D eigenvalue weighted by atomic mass is 10.0. The fraction of sp³-hybridized carbons (Fsp3) is 0.786. The highest BCUT2D eigenvalue weighted by atomic mass is 15.3. The molecule has 1 aromatic heterocycles. The van der Waals surface area contributed by atoms with Gasteiger partial charge in [0.2, 0.25) is 0 Å². The zero-order valence-electron chi connectivity index (χ0n) is 12.1. The van der Waals surface area contributed by atoms with Crippen molar-refractivity contribution in [3.63, 3.8) is 0 Å². The Morgan fingerprint density at radius 3 is 2.56 bits per heavy atom. The molecule has 1 aliphatic heterocycles. The molecule has 1 aliphatic rings. The van der Waals surface area contributed by atoms with Crippen molar-refractivity contribution in [1.82, 2.24) is 20.0 Å². The number of rotatable bonds is 4. The number of hydrogen-bond donors (Lipinski definition) is 1. The first-order valence-corrected chi connectivity index (χ1v) is 7.04. The summed E-state index contributed by atoms with van der Waals surface area (Å²) in [4.78, 5) is 2.54. The van der Waals surface area contributed by atoms with Crippen LogP contribution in [0.3, 0.4) is 0 Å². The summed E-state index contributed by atoms with van der Waals surface area (Å²) in [6.45, 7) is 9.91. The van der Waals surface area contributed by atoms with Crippen molar-refractivity contribution in [2.24, 2.45) is 0 Å². The molecule has 4 nitrogen and oxygen atoms in total. The van der Waals surface area contributed by atoms with E-state index in [1.54, 1.807) is 0 Å². The highest BCUT2D eigenvalue weighted by Crippen LogP contribution is 2.16. The molecular formula is C14H26N4. The molecule has 0 radical (unpaired) electrons. The number of nitrogens with one attached hydrogen (secondary N) is 1. The third-order valence-electron chi connectivity index (χ3n) is 3.94. The molecule has 1 fully saturated rings. The van der Waals surface area contributed by atoms with Crippen molar-refractivity contribution in [2.45, 2.75) is 52.2 Å². The third kappa shape index (κ3) is 3.12. The van der Waals surface area contributed by atoms with Crippen LogP contribution in [0, 0.1) is 6.92 Å². The van der Waals surface area contributed by atoms with Gasteiger partial charge < -0.3 is 5.32 Å². The lowest BCUT2D eigenvalue weighted by molar-refractivity contribution is 0.194. The quantitative estimate of drug-likeness (QED) is 0.887. The summed E-state index contributed by atoms with van der Waals surface area (Å²) in [7, 11) is 2.07. The van der Waals surface area contributed by atoms with Crippen LogP contribution in [0.4, 0.5) is 0 Å². The Morgan fingerprint density at radius 1 is 1.39 bits per heavy atom. The Bertz CT molecular complexity index is 375. The summed E-state index contributed by atoms with van der Waals surface area (Å²) in [5.74, 6) is 0. The second-order valence-corrected chi connectivity index (χ2v) is 5.65. The van der Waals surface area contributed by atoms with Gasteiger partial charge in [-0.1, -0.05) is 0 Å². The fourth-order valence-corrected chi connectivity index (χ4v) is 2.56. The second-order valence-electron chi connectivity index (χ2n) is 5.65. The Labute approximate surface area is 110 Å². The molecule has 1 saturated heterocycles. The van der Waals surface area contributed by atoms with Crippen LogP contribution in [0.2, 0.25) is 0 Å². The van der Waals surface area contributed by atoms with E-state index >= 15 is 0 Å². The van der Waals surface area contributed by atoms with E-state index in [4.69, 9.17) is 0 Å². The molecule has 0 spiro atoms. The minimum atomic E-state index is 0.451. The number of aryl methyl sites for hydroxylation is 1. The van der Waals surface area contributed by atoms with Gasteiger partial charge in [0, 0.05) is 30.4 Å². The summed E-state index contributed by atoms with van der Waals surface area (Å²) in [6.07, 6.45) is 4.73. The minimum absolute atomic E-state index is 0.451. The first-order chi connectivity index (χ1) is 8.60. The summed E-state index contributed by atoms with van der Waals surface area (Å²) in [5, 5.41) is 7.96. The molecule has 2 heterocycles. The molecule has 0 aromatic carbocycles. The van der Waals surface area contributed by atoms with Gasteiger partial charge in [-0.05, 0) is 53.8 Å². The van der Waals surface area contributed by atoms with Gasteiger partial charge in [-0.15, -0.1) is 0 Å². The SMILES string of the molecule is CNC1CCN(Cc2cn(C(C)C)nc2C)CC1. The second kappa shape index (κ2) is 5.85. The molecule has 0 saturated carbocycles. The van der Waals surface area contributed by atoms with E-state index in [2.05, 4.69) is 54.0 Å². The van der Waals surface area contributed by atoms with E-state index in [1.165, 1.54) is 37.2 Å². The monoisotopic (exact) mass is 250 g/mol. The van der Waals surface area contributed by atoms with E-state index < -0.39 is 0 Å². The molecule has 102 valence electrons. The van der Waals surface area contributed by atoms with Gasteiger partial charge in [0.25, 0.3) is 0 Å². The fourth-order valence-electron chi connectivity index (χ4n) is 2.56. The van der Waals surface area contributed by atoms with Crippen LogP contribution in [0.25, 0.3) is 0 Å². The molecule has 0 aliphatic carbocycles. The van der Waals surface area contributed by atoms with Crippen molar-refractivity contribution in [3.8, 4) is 0 Å². The molecule has 0 atom stereocenters. The molecule has 1 aromatic rings. The maximum Gasteiger partial charge on any atom is 0.0638 e. The van der Waals surface area contributed by atoms with Crippen molar-refractivity contribution in [3.05, 3.63) is 17.5 Å². The van der Waals surface area contributed by atoms with Crippen LogP contribution in [-0.4, -0.2) is 40.9 Å². The summed E-state index contributed by atoms with van der Waals surface area (Å²) in [5.41, 5.74) is 2.56. The molecule has 0 unspecified atom stereocenters. The number of hydrogen-bond acceptors (Lipinski definition) is 3. The summed E-state index contributed by atoms with van der Waals surface area (Å²) >= 11 is 0. The van der Waals surface area contributed by atoms with Crippen LogP contribution >= 0.6 is 0 Å². The third-order valence-corrected chi connectivity index (χ3v) is 3.94. The van der Waals surface area contributed by atoms with E-state index in [1.807, 2.05) is 0 Å². The van der Waals surface area contributed by atoms with Crippen LogP contribution in [-0.2, 0) is 6.54 Å². The Morgan fingerprint density at radius 2 is 2.06 bits per heavy atom. The molecule has 2 rings (SSSR count).